The molecule has 0 radical (unpaired) electrons. The number of ketones is 1. The van der Waals surface area contributed by atoms with Gasteiger partial charge in [0.25, 0.3) is 0 Å². The Morgan fingerprint density at radius 1 is 0.875 bits per heavy atom. The van der Waals surface area contributed by atoms with Gasteiger partial charge in [-0.05, 0) is 36.2 Å². The number of carbonyl (C=O) groups excluding carboxylic acids is 2. The molecule has 0 spiro atoms. The van der Waals surface area contributed by atoms with Crippen LogP contribution in [-0.2, 0) is 4.74 Å². The molecule has 0 heterocycles. The largest absolute Gasteiger partial charge is 0.454 e. The van der Waals surface area contributed by atoms with Crippen LogP contribution in [0.2, 0.25) is 0 Å². The summed E-state index contributed by atoms with van der Waals surface area (Å²) in [6.45, 7) is 3.60. The van der Waals surface area contributed by atoms with Crippen molar-refractivity contribution >= 4 is 22.5 Å². The van der Waals surface area contributed by atoms with E-state index in [1.54, 1.807) is 12.1 Å². The van der Waals surface area contributed by atoms with Crippen LogP contribution in [0.1, 0.15) is 31.8 Å². The molecule has 3 aromatic carbocycles. The van der Waals surface area contributed by atoms with Gasteiger partial charge in [0.05, 0.1) is 5.56 Å². The highest BCUT2D eigenvalue weighted by atomic mass is 16.5. The maximum Gasteiger partial charge on any atom is 0.339 e. The Morgan fingerprint density at radius 2 is 1.62 bits per heavy atom. The minimum Gasteiger partial charge on any atom is -0.454 e. The van der Waals surface area contributed by atoms with Crippen molar-refractivity contribution < 1.29 is 14.3 Å². The Hall–Kier alpha value is -2.94. The number of fused-ring (bicyclic) bond motifs is 1. The molecule has 120 valence electrons. The molecule has 0 amide bonds. The zero-order valence-corrected chi connectivity index (χ0v) is 13.7. The molecule has 3 aromatic rings. The molecular weight excluding hydrogens is 300 g/mol. The van der Waals surface area contributed by atoms with E-state index in [2.05, 4.69) is 0 Å². The molecule has 0 aliphatic rings. The number of benzene rings is 3. The van der Waals surface area contributed by atoms with Crippen molar-refractivity contribution in [1.82, 2.24) is 0 Å². The van der Waals surface area contributed by atoms with E-state index in [4.69, 9.17) is 4.74 Å². The number of esters is 1. The first-order chi connectivity index (χ1) is 11.6. The van der Waals surface area contributed by atoms with Crippen molar-refractivity contribution in [1.29, 1.82) is 0 Å². The standard InChI is InChI=1S/C21H18O3/c1-14-10-11-17(15(2)12-14)20(22)13-24-21(23)19-9-5-7-16-6-3-4-8-18(16)19/h3-12H,13H2,1-2H3. The predicted molar refractivity (Wildman–Crippen MR) is 94.5 cm³/mol. The molecule has 0 aromatic heterocycles. The van der Waals surface area contributed by atoms with Crippen LogP contribution in [-0.4, -0.2) is 18.4 Å². The minimum absolute atomic E-state index is 0.193. The number of hydrogen-bond acceptors (Lipinski definition) is 3. The van der Waals surface area contributed by atoms with E-state index in [1.807, 2.05) is 62.4 Å². The molecule has 3 rings (SSSR count). The van der Waals surface area contributed by atoms with Gasteiger partial charge in [-0.25, -0.2) is 4.79 Å². The molecule has 0 aliphatic heterocycles. The smallest absolute Gasteiger partial charge is 0.339 e. The number of carbonyl (C=O) groups is 2. The topological polar surface area (TPSA) is 43.4 Å². The Morgan fingerprint density at radius 3 is 2.42 bits per heavy atom. The van der Waals surface area contributed by atoms with Crippen LogP contribution in [0.15, 0.2) is 60.7 Å². The highest BCUT2D eigenvalue weighted by Gasteiger charge is 2.15. The number of Topliss-reactive ketones (excluding diaryl/α,β-unsaturated/α-hetero) is 1. The summed E-state index contributed by atoms with van der Waals surface area (Å²) in [7, 11) is 0. The molecule has 3 heteroatoms. The monoisotopic (exact) mass is 318 g/mol. The van der Waals surface area contributed by atoms with Gasteiger partial charge < -0.3 is 4.74 Å². The van der Waals surface area contributed by atoms with Gasteiger partial charge in [0.15, 0.2) is 6.61 Å². The lowest BCUT2D eigenvalue weighted by atomic mass is 10.0. The van der Waals surface area contributed by atoms with Gasteiger partial charge in [-0.1, -0.05) is 60.2 Å². The third-order valence-electron chi connectivity index (χ3n) is 4.03. The maximum absolute atomic E-state index is 12.4. The summed E-state index contributed by atoms with van der Waals surface area (Å²) in [5.74, 6) is -0.675. The van der Waals surface area contributed by atoms with E-state index in [9.17, 15) is 9.59 Å². The molecule has 24 heavy (non-hydrogen) atoms. The molecule has 0 fully saturated rings. The Labute approximate surface area is 140 Å². The lowest BCUT2D eigenvalue weighted by Gasteiger charge is -2.09. The van der Waals surface area contributed by atoms with Crippen molar-refractivity contribution in [2.75, 3.05) is 6.61 Å². The third-order valence-corrected chi connectivity index (χ3v) is 4.03. The Kier molecular flexibility index (Phi) is 4.43. The van der Waals surface area contributed by atoms with Gasteiger partial charge in [0.1, 0.15) is 0 Å². The van der Waals surface area contributed by atoms with Gasteiger partial charge in [0, 0.05) is 5.56 Å². The fourth-order valence-electron chi connectivity index (χ4n) is 2.82. The molecule has 0 bridgehead atoms. The highest BCUT2D eigenvalue weighted by molar-refractivity contribution is 6.06. The fourth-order valence-corrected chi connectivity index (χ4v) is 2.82. The second-order valence-electron chi connectivity index (χ2n) is 5.84. The number of hydrogen-bond donors (Lipinski definition) is 0. The van der Waals surface area contributed by atoms with E-state index in [0.29, 0.717) is 11.1 Å². The van der Waals surface area contributed by atoms with Crippen LogP contribution in [0.3, 0.4) is 0 Å². The van der Waals surface area contributed by atoms with Gasteiger partial charge in [0.2, 0.25) is 5.78 Å². The number of rotatable bonds is 4. The molecular formula is C21H18O3. The van der Waals surface area contributed by atoms with Crippen molar-refractivity contribution in [3.63, 3.8) is 0 Å². The molecule has 0 N–H and O–H groups in total. The van der Waals surface area contributed by atoms with Crippen molar-refractivity contribution in [2.24, 2.45) is 0 Å². The van der Waals surface area contributed by atoms with Crippen molar-refractivity contribution in [3.05, 3.63) is 82.9 Å². The quantitative estimate of drug-likeness (QED) is 0.525. The average Bonchev–Trinajstić information content (AvgIpc) is 2.59. The van der Waals surface area contributed by atoms with Gasteiger partial charge in [-0.15, -0.1) is 0 Å². The summed E-state index contributed by atoms with van der Waals surface area (Å²) in [5.41, 5.74) is 3.05. The summed E-state index contributed by atoms with van der Waals surface area (Å²) in [6.07, 6.45) is 0. The van der Waals surface area contributed by atoms with Crippen LogP contribution >= 0.6 is 0 Å². The zero-order valence-electron chi connectivity index (χ0n) is 13.7. The first kappa shape index (κ1) is 15.9. The summed E-state index contributed by atoms with van der Waals surface area (Å²) < 4.78 is 5.25. The van der Waals surface area contributed by atoms with Gasteiger partial charge >= 0.3 is 5.97 Å². The predicted octanol–water partition coefficient (Wildman–Crippen LogP) is 4.50. The first-order valence-electron chi connectivity index (χ1n) is 7.81. The highest BCUT2D eigenvalue weighted by Crippen LogP contribution is 2.19. The van der Waals surface area contributed by atoms with E-state index in [-0.39, 0.29) is 12.4 Å². The summed E-state index contributed by atoms with van der Waals surface area (Å²) in [6, 6.07) is 18.7. The van der Waals surface area contributed by atoms with Crippen molar-refractivity contribution in [2.45, 2.75) is 13.8 Å². The summed E-state index contributed by atoms with van der Waals surface area (Å²) >= 11 is 0. The van der Waals surface area contributed by atoms with Crippen LogP contribution < -0.4 is 0 Å². The molecule has 3 nitrogen and oxygen atoms in total. The lowest BCUT2D eigenvalue weighted by Crippen LogP contribution is -2.15. The van der Waals surface area contributed by atoms with E-state index >= 15 is 0 Å². The summed E-state index contributed by atoms with van der Waals surface area (Å²) in [5, 5.41) is 1.79. The Balaban J connectivity index is 1.76. The van der Waals surface area contributed by atoms with E-state index in [1.165, 1.54) is 0 Å². The number of ether oxygens (including phenoxy) is 1. The van der Waals surface area contributed by atoms with Crippen LogP contribution in [0, 0.1) is 13.8 Å². The first-order valence-corrected chi connectivity index (χ1v) is 7.81. The SMILES string of the molecule is Cc1ccc(C(=O)COC(=O)c2cccc3ccccc23)c(C)c1. The van der Waals surface area contributed by atoms with Gasteiger partial charge in [-0.3, -0.25) is 4.79 Å². The average molecular weight is 318 g/mol. The van der Waals surface area contributed by atoms with Gasteiger partial charge in [-0.2, -0.15) is 0 Å². The van der Waals surface area contributed by atoms with Crippen LogP contribution in [0.4, 0.5) is 0 Å². The van der Waals surface area contributed by atoms with Crippen molar-refractivity contribution in [3.8, 4) is 0 Å². The summed E-state index contributed by atoms with van der Waals surface area (Å²) in [4.78, 5) is 24.7. The number of aryl methyl sites for hydroxylation is 2. The molecule has 0 atom stereocenters. The lowest BCUT2D eigenvalue weighted by molar-refractivity contribution is 0.0476. The minimum atomic E-state index is -0.482. The normalized spacial score (nSPS) is 10.6. The molecule has 0 unspecified atom stereocenters. The maximum atomic E-state index is 12.4. The molecule has 0 saturated carbocycles. The molecule has 0 saturated heterocycles. The second-order valence-corrected chi connectivity index (χ2v) is 5.84. The van der Waals surface area contributed by atoms with E-state index < -0.39 is 5.97 Å². The fraction of sp³-hybridized carbons (Fsp3) is 0.143. The van der Waals surface area contributed by atoms with Crippen LogP contribution in [0.25, 0.3) is 10.8 Å². The molecule has 0 aliphatic carbocycles. The zero-order chi connectivity index (χ0) is 17.1. The Bertz CT molecular complexity index is 920. The van der Waals surface area contributed by atoms with E-state index in [0.717, 1.165) is 21.9 Å². The third kappa shape index (κ3) is 3.20. The second kappa shape index (κ2) is 6.67. The van der Waals surface area contributed by atoms with Crippen LogP contribution in [0.5, 0.6) is 0 Å².